The topological polar surface area (TPSA) is 110 Å². The van der Waals surface area contributed by atoms with E-state index in [1.807, 2.05) is 0 Å². The second-order valence-corrected chi connectivity index (χ2v) is 5.86. The van der Waals surface area contributed by atoms with Crippen LogP contribution in [0.2, 0.25) is 0 Å². The van der Waals surface area contributed by atoms with Crippen molar-refractivity contribution in [3.8, 4) is 0 Å². The van der Waals surface area contributed by atoms with Gasteiger partial charge in [0.15, 0.2) is 0 Å². The first kappa shape index (κ1) is 16.0. The van der Waals surface area contributed by atoms with Gasteiger partial charge in [-0.15, -0.1) is 0 Å². The maximum Gasteiger partial charge on any atom is 0.307 e. The largest absolute Gasteiger partial charge is 0.481 e. The summed E-state index contributed by atoms with van der Waals surface area (Å²) in [5.41, 5.74) is 0.735. The molecule has 1 aromatic rings. The molecule has 0 fully saturated rings. The third-order valence-electron chi connectivity index (χ3n) is 2.36. The molecular formula is C12H15NO6S. The van der Waals surface area contributed by atoms with Crippen LogP contribution in [0.15, 0.2) is 24.3 Å². The Kier molecular flexibility index (Phi) is 5.51. The summed E-state index contributed by atoms with van der Waals surface area (Å²) < 4.78 is 30.1. The summed E-state index contributed by atoms with van der Waals surface area (Å²) in [5, 5.41) is 8.67. The Bertz CT molecular complexity index is 596. The van der Waals surface area contributed by atoms with Crippen LogP contribution < -0.4 is 4.72 Å². The molecular weight excluding hydrogens is 286 g/mol. The molecule has 1 rings (SSSR count). The highest BCUT2D eigenvalue weighted by atomic mass is 32.2. The number of ether oxygens (including phenoxy) is 1. The van der Waals surface area contributed by atoms with Crippen molar-refractivity contribution in [2.75, 3.05) is 17.6 Å². The normalized spacial score (nSPS) is 10.8. The van der Waals surface area contributed by atoms with Crippen LogP contribution in [0, 0.1) is 0 Å². The number of carboxylic acids is 1. The fraction of sp³-hybridized carbons (Fsp3) is 0.333. The monoisotopic (exact) mass is 301 g/mol. The number of sulfonamides is 1. The van der Waals surface area contributed by atoms with Crippen molar-refractivity contribution in [1.29, 1.82) is 0 Å². The Labute approximate surface area is 116 Å². The van der Waals surface area contributed by atoms with E-state index < -0.39 is 27.7 Å². The third-order valence-corrected chi connectivity index (χ3v) is 3.65. The highest BCUT2D eigenvalue weighted by Crippen LogP contribution is 2.13. The second-order valence-electron chi connectivity index (χ2n) is 4.02. The van der Waals surface area contributed by atoms with E-state index >= 15 is 0 Å². The Morgan fingerprint density at radius 1 is 1.35 bits per heavy atom. The summed E-state index contributed by atoms with van der Waals surface area (Å²) in [6, 6.07) is 6.07. The highest BCUT2D eigenvalue weighted by molar-refractivity contribution is 7.92. The number of carbonyl (C=O) groups is 2. The minimum Gasteiger partial charge on any atom is -0.481 e. The molecule has 0 bridgehead atoms. The van der Waals surface area contributed by atoms with Crippen LogP contribution in [0.1, 0.15) is 12.0 Å². The minimum atomic E-state index is -3.68. The predicted molar refractivity (Wildman–Crippen MR) is 71.8 cm³/mol. The number of carbonyl (C=O) groups excluding carboxylic acids is 1. The van der Waals surface area contributed by atoms with Gasteiger partial charge in [-0.2, -0.15) is 0 Å². The third kappa shape index (κ3) is 5.70. The van der Waals surface area contributed by atoms with Crippen LogP contribution in [-0.4, -0.2) is 38.3 Å². The highest BCUT2D eigenvalue weighted by Gasteiger charge is 2.14. The van der Waals surface area contributed by atoms with Crippen molar-refractivity contribution >= 4 is 27.6 Å². The molecule has 0 aliphatic rings. The van der Waals surface area contributed by atoms with Gasteiger partial charge in [0.05, 0.1) is 25.7 Å². The van der Waals surface area contributed by atoms with Gasteiger partial charge in [-0.1, -0.05) is 12.1 Å². The Hall–Kier alpha value is -2.09. The molecule has 0 aliphatic carbocycles. The number of methoxy groups -OCH3 is 1. The average Bonchev–Trinajstić information content (AvgIpc) is 2.35. The SMILES string of the molecule is COC(=O)CCS(=O)(=O)Nc1cccc(CC(=O)O)c1. The van der Waals surface area contributed by atoms with E-state index in [0.717, 1.165) is 0 Å². The van der Waals surface area contributed by atoms with E-state index in [1.54, 1.807) is 12.1 Å². The van der Waals surface area contributed by atoms with Gasteiger partial charge in [0.2, 0.25) is 10.0 Å². The quantitative estimate of drug-likeness (QED) is 0.714. The number of hydrogen-bond acceptors (Lipinski definition) is 5. The standard InChI is InChI=1S/C12H15NO6S/c1-19-12(16)5-6-20(17,18)13-10-4-2-3-9(7-10)8-11(14)15/h2-4,7,13H,5-6,8H2,1H3,(H,14,15). The zero-order chi connectivity index (χ0) is 15.2. The van der Waals surface area contributed by atoms with E-state index in [9.17, 15) is 18.0 Å². The Morgan fingerprint density at radius 3 is 2.65 bits per heavy atom. The van der Waals surface area contributed by atoms with Gasteiger partial charge in [-0.05, 0) is 17.7 Å². The fourth-order valence-electron chi connectivity index (χ4n) is 1.47. The number of hydrogen-bond donors (Lipinski definition) is 2. The van der Waals surface area contributed by atoms with Gasteiger partial charge in [-0.25, -0.2) is 8.42 Å². The summed E-state index contributed by atoms with van der Waals surface area (Å²) in [5.74, 6) is -2.02. The molecule has 0 aromatic heterocycles. The van der Waals surface area contributed by atoms with E-state index in [2.05, 4.69) is 9.46 Å². The summed E-state index contributed by atoms with van der Waals surface area (Å²) in [6.07, 6.45) is -0.446. The van der Waals surface area contributed by atoms with E-state index in [0.29, 0.717) is 5.56 Å². The van der Waals surface area contributed by atoms with Gasteiger partial charge in [0, 0.05) is 5.69 Å². The van der Waals surface area contributed by atoms with Crippen LogP contribution >= 0.6 is 0 Å². The number of carboxylic acid groups (broad SMARTS) is 1. The maximum absolute atomic E-state index is 11.7. The minimum absolute atomic E-state index is 0.197. The molecule has 0 atom stereocenters. The number of anilines is 1. The van der Waals surface area contributed by atoms with Crippen LogP contribution in [0.25, 0.3) is 0 Å². The molecule has 0 aliphatic heterocycles. The summed E-state index contributed by atoms with van der Waals surface area (Å²) in [7, 11) is -2.50. The molecule has 0 spiro atoms. The first-order chi connectivity index (χ1) is 9.32. The van der Waals surface area contributed by atoms with Gasteiger partial charge in [-0.3, -0.25) is 14.3 Å². The Balaban J connectivity index is 2.71. The van der Waals surface area contributed by atoms with Gasteiger partial charge < -0.3 is 9.84 Å². The predicted octanol–water partition coefficient (Wildman–Crippen LogP) is 0.618. The lowest BCUT2D eigenvalue weighted by Crippen LogP contribution is -2.19. The first-order valence-corrected chi connectivity index (χ1v) is 7.35. The molecule has 110 valence electrons. The Morgan fingerprint density at radius 2 is 2.05 bits per heavy atom. The van der Waals surface area contributed by atoms with Crippen molar-refractivity contribution in [2.24, 2.45) is 0 Å². The summed E-state index contributed by atoms with van der Waals surface area (Å²) in [6.45, 7) is 0. The zero-order valence-electron chi connectivity index (χ0n) is 10.8. The smallest absolute Gasteiger partial charge is 0.307 e. The molecule has 0 amide bonds. The van der Waals surface area contributed by atoms with Crippen molar-refractivity contribution in [3.63, 3.8) is 0 Å². The molecule has 0 saturated carbocycles. The average molecular weight is 301 g/mol. The molecule has 2 N–H and O–H groups in total. The molecule has 1 aromatic carbocycles. The number of benzene rings is 1. The van der Waals surface area contributed by atoms with Crippen molar-refractivity contribution < 1.29 is 27.9 Å². The number of rotatable bonds is 7. The van der Waals surface area contributed by atoms with E-state index in [-0.39, 0.29) is 18.5 Å². The lowest BCUT2D eigenvalue weighted by atomic mass is 10.1. The second kappa shape index (κ2) is 6.90. The molecule has 7 nitrogen and oxygen atoms in total. The van der Waals surface area contributed by atoms with Crippen LogP contribution in [0.4, 0.5) is 5.69 Å². The molecule has 0 saturated heterocycles. The van der Waals surface area contributed by atoms with Gasteiger partial charge >= 0.3 is 11.9 Å². The van der Waals surface area contributed by atoms with Crippen LogP contribution in [0.3, 0.4) is 0 Å². The molecule has 0 radical (unpaired) electrons. The molecule has 8 heteroatoms. The van der Waals surface area contributed by atoms with Crippen molar-refractivity contribution in [3.05, 3.63) is 29.8 Å². The fourth-order valence-corrected chi connectivity index (χ4v) is 2.49. The number of esters is 1. The van der Waals surface area contributed by atoms with E-state index in [4.69, 9.17) is 5.11 Å². The number of nitrogens with one attached hydrogen (secondary N) is 1. The van der Waals surface area contributed by atoms with Crippen LogP contribution in [-0.2, 0) is 30.8 Å². The van der Waals surface area contributed by atoms with Crippen molar-refractivity contribution in [1.82, 2.24) is 0 Å². The lowest BCUT2D eigenvalue weighted by Gasteiger charge is -2.08. The van der Waals surface area contributed by atoms with Crippen LogP contribution in [0.5, 0.6) is 0 Å². The van der Waals surface area contributed by atoms with Gasteiger partial charge in [0.1, 0.15) is 0 Å². The van der Waals surface area contributed by atoms with Gasteiger partial charge in [0.25, 0.3) is 0 Å². The lowest BCUT2D eigenvalue weighted by molar-refractivity contribution is -0.140. The number of aliphatic carboxylic acids is 1. The molecule has 0 unspecified atom stereocenters. The van der Waals surface area contributed by atoms with E-state index in [1.165, 1.54) is 19.2 Å². The molecule has 20 heavy (non-hydrogen) atoms. The van der Waals surface area contributed by atoms with Crippen molar-refractivity contribution in [2.45, 2.75) is 12.8 Å². The summed E-state index contributed by atoms with van der Waals surface area (Å²) >= 11 is 0. The first-order valence-electron chi connectivity index (χ1n) is 5.70. The summed E-state index contributed by atoms with van der Waals surface area (Å²) in [4.78, 5) is 21.5. The zero-order valence-corrected chi connectivity index (χ0v) is 11.6. The maximum atomic E-state index is 11.7. The molecule has 0 heterocycles.